The quantitative estimate of drug-likeness (QED) is 0.0753. The van der Waals surface area contributed by atoms with Gasteiger partial charge < -0.3 is 75.4 Å². The number of hydrogen-bond acceptors (Lipinski definition) is 16. The van der Waals surface area contributed by atoms with E-state index in [1.54, 1.807) is 0 Å². The third-order valence-electron chi connectivity index (χ3n) is 7.63. The van der Waals surface area contributed by atoms with E-state index < -0.39 is 122 Å². The Balaban J connectivity index is 2.06. The van der Waals surface area contributed by atoms with E-state index in [2.05, 4.69) is 10.6 Å². The summed E-state index contributed by atoms with van der Waals surface area (Å²) in [6, 6.07) is -4.13. The lowest BCUT2D eigenvalue weighted by molar-refractivity contribution is -0.358. The third kappa shape index (κ3) is 7.80. The van der Waals surface area contributed by atoms with Gasteiger partial charge in [-0.25, -0.2) is 4.79 Å². The number of carbonyl (C=O) groups excluding carboxylic acids is 3. The monoisotopic (exact) mass is 639 g/mol. The van der Waals surface area contributed by atoms with Crippen molar-refractivity contribution in [3.8, 4) is 0 Å². The largest absolute Gasteiger partial charge is 0.477 e. The molecule has 3 rings (SSSR count). The van der Waals surface area contributed by atoms with Crippen molar-refractivity contribution in [2.24, 2.45) is 5.73 Å². The Morgan fingerprint density at radius 2 is 1.77 bits per heavy atom. The smallest absolute Gasteiger partial charge is 0.364 e. The molecule has 3 heterocycles. The molecule has 0 spiro atoms. The fourth-order valence-electron chi connectivity index (χ4n) is 5.43. The second-order valence-corrected chi connectivity index (χ2v) is 11.0. The lowest BCUT2D eigenvalue weighted by Crippen LogP contribution is -2.72. The minimum absolute atomic E-state index is 0.225. The Morgan fingerprint density at radius 1 is 1.11 bits per heavy atom. The van der Waals surface area contributed by atoms with Crippen LogP contribution >= 0.6 is 0 Å². The normalized spacial score (nSPS) is 42.4. The van der Waals surface area contributed by atoms with Gasteiger partial charge in [0.15, 0.2) is 18.7 Å². The summed E-state index contributed by atoms with van der Waals surface area (Å²) >= 11 is 0. The topological polar surface area (TPSA) is 295 Å². The fourth-order valence-corrected chi connectivity index (χ4v) is 5.43. The number of nitrogens with one attached hydrogen (secondary N) is 2. The molecular weight excluding hydrogens is 598 g/mol. The van der Waals surface area contributed by atoms with E-state index in [0.29, 0.717) is 0 Å². The number of aliphatic hydroxyl groups excluding tert-OH is 5. The minimum atomic E-state index is -2.77. The van der Waals surface area contributed by atoms with Crippen molar-refractivity contribution >= 4 is 24.3 Å². The van der Waals surface area contributed by atoms with Gasteiger partial charge in [-0.15, -0.1) is 0 Å². The highest BCUT2D eigenvalue weighted by Gasteiger charge is 2.59. The van der Waals surface area contributed by atoms with Crippen LogP contribution in [0.3, 0.4) is 0 Å². The zero-order valence-corrected chi connectivity index (χ0v) is 24.4. The summed E-state index contributed by atoms with van der Waals surface area (Å²) in [4.78, 5) is 48.5. The highest BCUT2D eigenvalue weighted by molar-refractivity contribution is 5.76. The Labute approximate surface area is 251 Å². The molecule has 3 fully saturated rings. The number of carboxylic acids is 1. The van der Waals surface area contributed by atoms with Gasteiger partial charge in [-0.1, -0.05) is 0 Å². The summed E-state index contributed by atoms with van der Waals surface area (Å²) in [5, 5.41) is 66.5. The number of hydrogen-bond donors (Lipinski definition) is 9. The predicted octanol–water partition coefficient (Wildman–Crippen LogP) is -5.24. The Hall–Kier alpha value is -2.56. The van der Waals surface area contributed by atoms with E-state index in [0.717, 1.165) is 13.8 Å². The molecule has 0 radical (unpaired) electrons. The van der Waals surface area contributed by atoms with E-state index in [4.69, 9.17) is 34.2 Å². The lowest BCUT2D eigenvalue weighted by atomic mass is 9.87. The molecule has 10 N–H and O–H groups in total. The third-order valence-corrected chi connectivity index (χ3v) is 7.63. The molecule has 3 aliphatic heterocycles. The van der Waals surface area contributed by atoms with Crippen molar-refractivity contribution < 1.29 is 78.2 Å². The van der Waals surface area contributed by atoms with Gasteiger partial charge in [0, 0.05) is 20.3 Å². The Morgan fingerprint density at radius 3 is 2.32 bits per heavy atom. The first-order chi connectivity index (χ1) is 20.5. The first kappa shape index (κ1) is 35.9. The van der Waals surface area contributed by atoms with E-state index in [-0.39, 0.29) is 6.41 Å². The van der Waals surface area contributed by atoms with Crippen LogP contribution in [0.2, 0.25) is 0 Å². The molecule has 0 aliphatic carbocycles. The molecule has 0 saturated carbocycles. The van der Waals surface area contributed by atoms with Gasteiger partial charge in [-0.3, -0.25) is 14.4 Å². The zero-order valence-electron chi connectivity index (χ0n) is 24.4. The van der Waals surface area contributed by atoms with Gasteiger partial charge in [0.2, 0.25) is 12.3 Å². The van der Waals surface area contributed by atoms with Crippen LogP contribution in [0, 0.1) is 0 Å². The van der Waals surface area contributed by atoms with Crippen LogP contribution in [0.4, 0.5) is 0 Å². The fraction of sp³-hybridized carbons (Fsp3) is 0.840. The maximum absolute atomic E-state index is 12.8. The standard InChI is InChI=1S/C25H41N3O16/c1-8(30)15(27-7-29)20-14(26)12(33)5-25(43-20,24(37)38)44-21-16(28-10(3)31)23(40-9(2)19(21)41-11(4)32)42-13-6-39-22(36)18(35)17(13)34/h7-9,12-23,30,33-36H,5-6,26H2,1-4H3,(H,27,29)(H,28,31)(H,37,38)/t8-,9+,12-,13+,14-,15-,16+,17-,18+,19-,20+,21+,22+,23-,25+/m0/s1. The van der Waals surface area contributed by atoms with E-state index in [9.17, 15) is 49.8 Å². The summed E-state index contributed by atoms with van der Waals surface area (Å²) in [5.41, 5.74) is 6.08. The number of amides is 2. The number of rotatable bonds is 11. The van der Waals surface area contributed by atoms with Crippen molar-refractivity contribution in [3.05, 3.63) is 0 Å². The molecule has 0 aromatic carbocycles. The number of esters is 1. The predicted molar refractivity (Wildman–Crippen MR) is 140 cm³/mol. The summed E-state index contributed by atoms with van der Waals surface area (Å²) < 4.78 is 34.0. The van der Waals surface area contributed by atoms with Crippen LogP contribution in [0.1, 0.15) is 34.1 Å². The van der Waals surface area contributed by atoms with Gasteiger partial charge in [-0.2, -0.15) is 0 Å². The van der Waals surface area contributed by atoms with Crippen LogP contribution < -0.4 is 16.4 Å². The molecule has 3 saturated heterocycles. The van der Waals surface area contributed by atoms with Gasteiger partial charge in [-0.05, 0) is 13.8 Å². The van der Waals surface area contributed by atoms with Gasteiger partial charge in [0.1, 0.15) is 36.6 Å². The second kappa shape index (κ2) is 14.7. The van der Waals surface area contributed by atoms with Gasteiger partial charge >= 0.3 is 11.9 Å². The molecule has 0 aromatic heterocycles. The second-order valence-electron chi connectivity index (χ2n) is 11.0. The Kier molecular flexibility index (Phi) is 12.0. The van der Waals surface area contributed by atoms with Crippen molar-refractivity contribution in [2.45, 2.75) is 126 Å². The summed E-state index contributed by atoms with van der Waals surface area (Å²) in [7, 11) is 0. The van der Waals surface area contributed by atoms with Crippen molar-refractivity contribution in [2.75, 3.05) is 6.61 Å². The maximum Gasteiger partial charge on any atom is 0.364 e. The SMILES string of the molecule is CC(=O)N[C@H]1[C@H](O[C@@H]2CO[C@@H](O)[C@H](O)[C@H]2O)O[C@H](C)[C@H](OC(C)=O)[C@@H]1O[C@@]1(C(=O)O)C[C@H](O)[C@H](N)[C@H]([C@@H](NC=O)[C@H](C)O)O1. The molecule has 15 atom stereocenters. The molecular formula is C25H41N3O16. The van der Waals surface area contributed by atoms with E-state index in [1.165, 1.54) is 13.8 Å². The van der Waals surface area contributed by atoms with Crippen LogP contribution in [0.15, 0.2) is 0 Å². The average Bonchev–Trinajstić information content (AvgIpc) is 2.93. The number of carboxylic acid groups (broad SMARTS) is 1. The first-order valence-electron chi connectivity index (χ1n) is 13.8. The van der Waals surface area contributed by atoms with E-state index >= 15 is 0 Å². The van der Waals surface area contributed by atoms with Crippen molar-refractivity contribution in [3.63, 3.8) is 0 Å². The molecule has 0 bridgehead atoms. The Bertz CT molecular complexity index is 1040. The molecule has 3 aliphatic rings. The number of carbonyl (C=O) groups is 4. The summed E-state index contributed by atoms with van der Waals surface area (Å²) in [6.45, 7) is 4.41. The molecule has 252 valence electrons. The zero-order chi connectivity index (χ0) is 33.1. The van der Waals surface area contributed by atoms with Crippen molar-refractivity contribution in [1.82, 2.24) is 10.6 Å². The van der Waals surface area contributed by atoms with Gasteiger partial charge in [0.05, 0.1) is 37.0 Å². The highest BCUT2D eigenvalue weighted by Crippen LogP contribution is 2.38. The molecule has 0 unspecified atom stereocenters. The van der Waals surface area contributed by atoms with Crippen LogP contribution in [-0.4, -0.2) is 153 Å². The number of nitrogens with two attached hydrogens (primary N) is 1. The summed E-state index contributed by atoms with van der Waals surface area (Å²) in [5.74, 6) is -6.10. The number of aliphatic hydroxyl groups is 5. The van der Waals surface area contributed by atoms with Crippen LogP contribution in [0.25, 0.3) is 0 Å². The van der Waals surface area contributed by atoms with Gasteiger partial charge in [0.25, 0.3) is 5.79 Å². The maximum atomic E-state index is 12.8. The highest BCUT2D eigenvalue weighted by atomic mass is 16.8. The van der Waals surface area contributed by atoms with Crippen LogP contribution in [0.5, 0.6) is 0 Å². The summed E-state index contributed by atoms with van der Waals surface area (Å²) in [6.07, 6.45) is -17.4. The van der Waals surface area contributed by atoms with Crippen LogP contribution in [-0.2, 0) is 47.6 Å². The first-order valence-corrected chi connectivity index (χ1v) is 13.8. The molecule has 44 heavy (non-hydrogen) atoms. The number of ether oxygens (including phenoxy) is 6. The average molecular weight is 640 g/mol. The molecule has 19 heteroatoms. The van der Waals surface area contributed by atoms with E-state index in [1.807, 2.05) is 0 Å². The molecule has 19 nitrogen and oxygen atoms in total. The number of aliphatic carboxylic acids is 1. The lowest BCUT2D eigenvalue weighted by Gasteiger charge is -2.51. The minimum Gasteiger partial charge on any atom is -0.477 e. The molecule has 2 amide bonds. The molecule has 0 aromatic rings. The van der Waals surface area contributed by atoms with Crippen molar-refractivity contribution in [1.29, 1.82) is 0 Å².